The normalized spacial score (nSPS) is 12.3. The zero-order chi connectivity index (χ0) is 14.0. The van der Waals surface area contributed by atoms with Crippen LogP contribution in [0.15, 0.2) is 24.5 Å². The number of benzene rings is 1. The predicted octanol–water partition coefficient (Wildman–Crippen LogP) is 3.38. The minimum Gasteiger partial charge on any atom is -0.374 e. The molecule has 0 spiro atoms. The van der Waals surface area contributed by atoms with E-state index in [2.05, 4.69) is 15.3 Å². The van der Waals surface area contributed by atoms with Crippen molar-refractivity contribution in [3.63, 3.8) is 0 Å². The average Bonchev–Trinajstić information content (AvgIpc) is 2.40. The third-order valence-corrected chi connectivity index (χ3v) is 2.74. The molecule has 0 aliphatic heterocycles. The fourth-order valence-corrected chi connectivity index (χ4v) is 1.78. The van der Waals surface area contributed by atoms with Crippen molar-refractivity contribution in [2.75, 3.05) is 5.32 Å². The maximum absolute atomic E-state index is 13.5. The van der Waals surface area contributed by atoms with Gasteiger partial charge in [0.25, 0.3) is 0 Å². The van der Waals surface area contributed by atoms with E-state index in [0.717, 1.165) is 12.1 Å². The molecule has 1 aromatic carbocycles. The van der Waals surface area contributed by atoms with Crippen LogP contribution < -0.4 is 5.32 Å². The van der Waals surface area contributed by atoms with Gasteiger partial charge in [-0.1, -0.05) is 0 Å². The number of nitrogens with zero attached hydrogens (tertiary/aromatic N) is 2. The van der Waals surface area contributed by atoms with Gasteiger partial charge in [-0.25, -0.2) is 13.2 Å². The Kier molecular flexibility index (Phi) is 3.69. The summed E-state index contributed by atoms with van der Waals surface area (Å²) in [5.74, 6) is -3.95. The standard InChI is InChI=1S/C13H12F3N3/c1-7-13(18-6-5-17-7)8(2)19-10-4-3-9(14)11(15)12(10)16/h3-6,8,19H,1-2H3. The van der Waals surface area contributed by atoms with E-state index in [1.165, 1.54) is 6.20 Å². The third-order valence-electron chi connectivity index (χ3n) is 2.74. The lowest BCUT2D eigenvalue weighted by atomic mass is 10.1. The van der Waals surface area contributed by atoms with Gasteiger partial charge in [0.1, 0.15) is 0 Å². The molecule has 0 bridgehead atoms. The minimum atomic E-state index is -1.49. The van der Waals surface area contributed by atoms with Crippen molar-refractivity contribution in [1.29, 1.82) is 0 Å². The highest BCUT2D eigenvalue weighted by atomic mass is 19.2. The molecule has 0 radical (unpaired) electrons. The van der Waals surface area contributed by atoms with Crippen LogP contribution in [0.2, 0.25) is 0 Å². The van der Waals surface area contributed by atoms with Gasteiger partial charge in [0.15, 0.2) is 17.5 Å². The van der Waals surface area contributed by atoms with Crippen LogP contribution >= 0.6 is 0 Å². The van der Waals surface area contributed by atoms with E-state index in [1.807, 2.05) is 0 Å². The van der Waals surface area contributed by atoms with Crippen LogP contribution in [0.4, 0.5) is 18.9 Å². The van der Waals surface area contributed by atoms with Crippen molar-refractivity contribution in [2.45, 2.75) is 19.9 Å². The van der Waals surface area contributed by atoms with E-state index in [9.17, 15) is 13.2 Å². The van der Waals surface area contributed by atoms with Crippen molar-refractivity contribution in [1.82, 2.24) is 9.97 Å². The fourth-order valence-electron chi connectivity index (χ4n) is 1.78. The first-order chi connectivity index (χ1) is 9.00. The highest BCUT2D eigenvalue weighted by Crippen LogP contribution is 2.24. The van der Waals surface area contributed by atoms with Crippen LogP contribution in [0.5, 0.6) is 0 Å². The summed E-state index contributed by atoms with van der Waals surface area (Å²) in [6, 6.07) is 1.64. The highest BCUT2D eigenvalue weighted by molar-refractivity contribution is 5.47. The maximum Gasteiger partial charge on any atom is 0.196 e. The molecule has 100 valence electrons. The van der Waals surface area contributed by atoms with Crippen LogP contribution in [-0.4, -0.2) is 9.97 Å². The van der Waals surface area contributed by atoms with Gasteiger partial charge >= 0.3 is 0 Å². The van der Waals surface area contributed by atoms with Gasteiger partial charge < -0.3 is 5.32 Å². The van der Waals surface area contributed by atoms with Gasteiger partial charge in [0.05, 0.1) is 23.1 Å². The summed E-state index contributed by atoms with van der Waals surface area (Å²) in [5.41, 5.74) is 1.19. The maximum atomic E-state index is 13.5. The van der Waals surface area contributed by atoms with Crippen LogP contribution in [-0.2, 0) is 0 Å². The molecule has 19 heavy (non-hydrogen) atoms. The molecular weight excluding hydrogens is 255 g/mol. The quantitative estimate of drug-likeness (QED) is 0.866. The van der Waals surface area contributed by atoms with Crippen molar-refractivity contribution < 1.29 is 13.2 Å². The van der Waals surface area contributed by atoms with Gasteiger partial charge in [0.2, 0.25) is 0 Å². The van der Waals surface area contributed by atoms with E-state index in [-0.39, 0.29) is 11.7 Å². The van der Waals surface area contributed by atoms with Gasteiger partial charge in [-0.05, 0) is 26.0 Å². The molecule has 0 saturated heterocycles. The minimum absolute atomic E-state index is 0.114. The molecule has 0 saturated carbocycles. The molecule has 3 nitrogen and oxygen atoms in total. The number of nitrogens with one attached hydrogen (secondary N) is 1. The van der Waals surface area contributed by atoms with Crippen LogP contribution in [0.25, 0.3) is 0 Å². The zero-order valence-electron chi connectivity index (χ0n) is 10.4. The second-order valence-corrected chi connectivity index (χ2v) is 4.12. The van der Waals surface area contributed by atoms with E-state index < -0.39 is 17.5 Å². The lowest BCUT2D eigenvalue weighted by Crippen LogP contribution is -2.12. The molecule has 1 heterocycles. The number of halogens is 3. The predicted molar refractivity (Wildman–Crippen MR) is 65.1 cm³/mol. The van der Waals surface area contributed by atoms with E-state index >= 15 is 0 Å². The molecule has 1 unspecified atom stereocenters. The Balaban J connectivity index is 2.27. The largest absolute Gasteiger partial charge is 0.374 e. The van der Waals surface area contributed by atoms with Crippen molar-refractivity contribution >= 4 is 5.69 Å². The van der Waals surface area contributed by atoms with E-state index in [1.54, 1.807) is 20.0 Å². The number of aryl methyl sites for hydroxylation is 1. The number of rotatable bonds is 3. The molecule has 0 aliphatic carbocycles. The molecule has 0 amide bonds. The van der Waals surface area contributed by atoms with Gasteiger partial charge in [-0.3, -0.25) is 9.97 Å². The summed E-state index contributed by atoms with van der Waals surface area (Å²) in [7, 11) is 0. The van der Waals surface area contributed by atoms with Crippen LogP contribution in [0, 0.1) is 24.4 Å². The van der Waals surface area contributed by atoms with Gasteiger partial charge in [0, 0.05) is 12.4 Å². The zero-order valence-corrected chi connectivity index (χ0v) is 10.4. The topological polar surface area (TPSA) is 37.8 Å². The molecule has 2 aromatic rings. The van der Waals surface area contributed by atoms with Crippen molar-refractivity contribution in [3.8, 4) is 0 Å². The summed E-state index contributed by atoms with van der Waals surface area (Å²) in [5, 5.41) is 2.75. The van der Waals surface area contributed by atoms with E-state index in [4.69, 9.17) is 0 Å². The van der Waals surface area contributed by atoms with Gasteiger partial charge in [-0.15, -0.1) is 0 Å². The summed E-state index contributed by atoms with van der Waals surface area (Å²) in [6.07, 6.45) is 3.06. The highest BCUT2D eigenvalue weighted by Gasteiger charge is 2.17. The van der Waals surface area contributed by atoms with Gasteiger partial charge in [-0.2, -0.15) is 0 Å². The van der Waals surface area contributed by atoms with E-state index in [0.29, 0.717) is 11.4 Å². The van der Waals surface area contributed by atoms with Crippen LogP contribution in [0.1, 0.15) is 24.4 Å². The number of aromatic nitrogens is 2. The second kappa shape index (κ2) is 5.26. The Morgan fingerprint density at radius 2 is 1.74 bits per heavy atom. The monoisotopic (exact) mass is 267 g/mol. The molecule has 1 aromatic heterocycles. The van der Waals surface area contributed by atoms with Crippen LogP contribution in [0.3, 0.4) is 0 Å². The summed E-state index contributed by atoms with van der Waals surface area (Å²) in [4.78, 5) is 8.19. The summed E-state index contributed by atoms with van der Waals surface area (Å²) < 4.78 is 39.4. The SMILES string of the molecule is Cc1nccnc1C(C)Nc1ccc(F)c(F)c1F. The smallest absolute Gasteiger partial charge is 0.196 e. The molecule has 6 heteroatoms. The summed E-state index contributed by atoms with van der Waals surface area (Å²) >= 11 is 0. The third kappa shape index (κ3) is 2.67. The lowest BCUT2D eigenvalue weighted by Gasteiger charge is -2.16. The fraction of sp³-hybridized carbons (Fsp3) is 0.231. The Bertz CT molecular complexity index is 602. The second-order valence-electron chi connectivity index (χ2n) is 4.12. The molecule has 0 fully saturated rings. The first-order valence-corrected chi connectivity index (χ1v) is 5.68. The molecule has 1 N–H and O–H groups in total. The molecule has 2 rings (SSSR count). The summed E-state index contributed by atoms with van der Waals surface area (Å²) in [6.45, 7) is 3.50. The number of anilines is 1. The Labute approximate surface area is 108 Å². The van der Waals surface area contributed by atoms with Crippen molar-refractivity contribution in [2.24, 2.45) is 0 Å². The first-order valence-electron chi connectivity index (χ1n) is 5.68. The Hall–Kier alpha value is -2.11. The first kappa shape index (κ1) is 13.3. The number of hydrogen-bond donors (Lipinski definition) is 1. The Morgan fingerprint density at radius 1 is 1.05 bits per heavy atom. The lowest BCUT2D eigenvalue weighted by molar-refractivity contribution is 0.448. The molecule has 0 aliphatic rings. The molecule has 1 atom stereocenters. The average molecular weight is 267 g/mol. The Morgan fingerprint density at radius 3 is 2.42 bits per heavy atom. The van der Waals surface area contributed by atoms with Crippen molar-refractivity contribution in [3.05, 3.63) is 53.4 Å². The molecular formula is C13H12F3N3. The number of hydrogen-bond acceptors (Lipinski definition) is 3.